The molecule has 8 nitrogen and oxygen atoms in total. The van der Waals surface area contributed by atoms with Crippen LogP contribution in [0.2, 0.25) is 5.02 Å². The number of nitrogens with zero attached hydrogens (tertiary/aromatic N) is 4. The van der Waals surface area contributed by atoms with E-state index in [1.165, 1.54) is 17.2 Å². The van der Waals surface area contributed by atoms with Gasteiger partial charge in [-0.25, -0.2) is 9.97 Å². The first kappa shape index (κ1) is 22.4. The average molecular weight is 472 g/mol. The molecule has 0 aliphatic heterocycles. The van der Waals surface area contributed by atoms with Gasteiger partial charge in [-0.15, -0.1) is 0 Å². The van der Waals surface area contributed by atoms with E-state index in [1.807, 2.05) is 0 Å². The zero-order valence-corrected chi connectivity index (χ0v) is 18.7. The number of rotatable bonds is 9. The summed E-state index contributed by atoms with van der Waals surface area (Å²) in [4.78, 5) is 33.8. The fourth-order valence-electron chi connectivity index (χ4n) is 3.88. The van der Waals surface area contributed by atoms with Crippen molar-refractivity contribution >= 4 is 41.0 Å². The molecule has 1 saturated carbocycles. The summed E-state index contributed by atoms with van der Waals surface area (Å²) in [6.45, 7) is -0.00362. The number of carbonyl (C=O) groups is 2. The van der Waals surface area contributed by atoms with Crippen LogP contribution in [-0.2, 0) is 6.54 Å². The molecule has 2 N–H and O–H groups in total. The number of anilines is 1. The number of halogens is 1. The van der Waals surface area contributed by atoms with Crippen LogP contribution in [0.3, 0.4) is 0 Å². The van der Waals surface area contributed by atoms with Crippen LogP contribution < -0.4 is 5.32 Å². The van der Waals surface area contributed by atoms with E-state index in [2.05, 4.69) is 20.4 Å². The van der Waals surface area contributed by atoms with Gasteiger partial charge in [0.05, 0.1) is 5.56 Å². The molecule has 2 unspecified atom stereocenters. The lowest BCUT2D eigenvalue weighted by Gasteiger charge is -2.15. The van der Waals surface area contributed by atoms with E-state index in [0.717, 1.165) is 31.3 Å². The van der Waals surface area contributed by atoms with Crippen molar-refractivity contribution in [1.82, 2.24) is 19.7 Å². The van der Waals surface area contributed by atoms with Gasteiger partial charge >= 0.3 is 0 Å². The maximum Gasteiger partial charge on any atom is 0.218 e. The molecule has 4 rings (SSSR count). The Morgan fingerprint density at radius 3 is 2.97 bits per heavy atom. The van der Waals surface area contributed by atoms with Crippen LogP contribution >= 0.6 is 23.6 Å². The molecular weight excluding hydrogens is 450 g/mol. The van der Waals surface area contributed by atoms with E-state index in [-0.39, 0.29) is 29.8 Å². The van der Waals surface area contributed by atoms with Crippen LogP contribution in [0.25, 0.3) is 0 Å². The van der Waals surface area contributed by atoms with E-state index < -0.39 is 0 Å². The Kier molecular flexibility index (Phi) is 7.19. The highest BCUT2D eigenvalue weighted by atomic mass is 35.5. The smallest absolute Gasteiger partial charge is 0.218 e. The predicted octanol–water partition coefficient (Wildman–Crippen LogP) is 4.23. The van der Waals surface area contributed by atoms with Gasteiger partial charge in [-0.05, 0) is 55.4 Å². The van der Waals surface area contributed by atoms with Gasteiger partial charge < -0.3 is 9.87 Å². The summed E-state index contributed by atoms with van der Waals surface area (Å²) in [5, 5.41) is 8.12. The fourth-order valence-corrected chi connectivity index (χ4v) is 4.58. The third-order valence-corrected chi connectivity index (χ3v) is 6.33. The fraction of sp³-hybridized carbons (Fsp3) is 0.318. The Balaban J connectivity index is 1.45. The van der Waals surface area contributed by atoms with Crippen molar-refractivity contribution in [2.24, 2.45) is 5.92 Å². The third-order valence-electron chi connectivity index (χ3n) is 5.47. The molecule has 32 heavy (non-hydrogen) atoms. The monoisotopic (exact) mass is 471 g/mol. The molecule has 1 fully saturated rings. The largest absolute Gasteiger partial charge is 0.367 e. The van der Waals surface area contributed by atoms with Crippen LogP contribution in [0.1, 0.15) is 45.7 Å². The van der Waals surface area contributed by atoms with E-state index >= 15 is 0 Å². The molecule has 3 aromatic rings. The maximum absolute atomic E-state index is 13.1. The van der Waals surface area contributed by atoms with Crippen molar-refractivity contribution in [3.8, 4) is 0 Å². The lowest BCUT2D eigenvalue weighted by Crippen LogP contribution is -2.20. The summed E-state index contributed by atoms with van der Waals surface area (Å²) in [7, 11) is 0. The minimum absolute atomic E-state index is 0.00362. The molecule has 0 spiro atoms. The number of hydrogen-bond acceptors (Lipinski definition) is 8. The van der Waals surface area contributed by atoms with Crippen molar-refractivity contribution in [2.45, 2.75) is 31.8 Å². The van der Waals surface area contributed by atoms with Gasteiger partial charge in [-0.3, -0.25) is 14.3 Å². The molecular formula is C22H22ClN5O3S. The van der Waals surface area contributed by atoms with Crippen molar-refractivity contribution in [1.29, 1.82) is 0 Å². The van der Waals surface area contributed by atoms with Crippen molar-refractivity contribution in [3.05, 3.63) is 70.9 Å². The average Bonchev–Trinajstić information content (AvgIpc) is 3.43. The Hall–Kier alpha value is -2.75. The van der Waals surface area contributed by atoms with E-state index in [4.69, 9.17) is 16.2 Å². The molecule has 0 saturated heterocycles. The van der Waals surface area contributed by atoms with Gasteiger partial charge in [-0.2, -0.15) is 5.10 Å². The summed E-state index contributed by atoms with van der Waals surface area (Å²) in [6, 6.07) is 8.47. The first-order valence-corrected chi connectivity index (χ1v) is 11.6. The van der Waals surface area contributed by atoms with Gasteiger partial charge in [0, 0.05) is 34.8 Å². The SMILES string of the molecule is O=C(Cn1ccc(C(=O)c2cncnc2NC2CCC(CSO)C2)n1)c1cccc(Cl)c1. The minimum atomic E-state index is -0.317. The topological polar surface area (TPSA) is 110 Å². The quantitative estimate of drug-likeness (QED) is 0.352. The molecule has 166 valence electrons. The predicted molar refractivity (Wildman–Crippen MR) is 123 cm³/mol. The summed E-state index contributed by atoms with van der Waals surface area (Å²) in [5.74, 6) is 1.14. The Morgan fingerprint density at radius 1 is 1.28 bits per heavy atom. The second-order valence-corrected chi connectivity index (χ2v) is 8.79. The Morgan fingerprint density at radius 2 is 2.16 bits per heavy atom. The van der Waals surface area contributed by atoms with Crippen LogP contribution in [0.15, 0.2) is 49.1 Å². The molecule has 0 radical (unpaired) electrons. The molecule has 10 heteroatoms. The van der Waals surface area contributed by atoms with E-state index in [0.29, 0.717) is 33.6 Å². The first-order valence-electron chi connectivity index (χ1n) is 10.2. The molecule has 2 aromatic heterocycles. The molecule has 1 aliphatic rings. The van der Waals surface area contributed by atoms with E-state index in [9.17, 15) is 9.59 Å². The molecule has 2 atom stereocenters. The third kappa shape index (κ3) is 5.35. The number of carbonyl (C=O) groups excluding carboxylic acids is 2. The highest BCUT2D eigenvalue weighted by Gasteiger charge is 2.27. The van der Waals surface area contributed by atoms with Gasteiger partial charge in [0.15, 0.2) is 5.78 Å². The van der Waals surface area contributed by atoms with Crippen LogP contribution in [0.4, 0.5) is 5.82 Å². The first-order chi connectivity index (χ1) is 15.5. The number of benzene rings is 1. The second-order valence-electron chi connectivity index (χ2n) is 7.76. The van der Waals surface area contributed by atoms with Crippen LogP contribution in [-0.4, -0.2) is 47.7 Å². The van der Waals surface area contributed by atoms with Gasteiger partial charge in [0.25, 0.3) is 0 Å². The zero-order chi connectivity index (χ0) is 22.5. The molecule has 0 bridgehead atoms. The number of Topliss-reactive ketones (excluding diaryl/α,β-unsaturated/α-hetero) is 1. The van der Waals surface area contributed by atoms with Crippen molar-refractivity contribution in [2.75, 3.05) is 11.1 Å². The molecule has 1 aromatic carbocycles. The van der Waals surface area contributed by atoms with Gasteiger partial charge in [-0.1, -0.05) is 23.7 Å². The van der Waals surface area contributed by atoms with E-state index in [1.54, 1.807) is 36.5 Å². The van der Waals surface area contributed by atoms with Crippen LogP contribution in [0.5, 0.6) is 0 Å². The lowest BCUT2D eigenvalue weighted by molar-refractivity contribution is 0.0963. The molecule has 0 amide bonds. The van der Waals surface area contributed by atoms with Gasteiger partial charge in [0.1, 0.15) is 24.4 Å². The second kappa shape index (κ2) is 10.2. The highest BCUT2D eigenvalue weighted by Crippen LogP contribution is 2.30. The summed E-state index contributed by atoms with van der Waals surface area (Å²) >= 11 is 6.82. The normalized spacial score (nSPS) is 17.9. The van der Waals surface area contributed by atoms with Crippen molar-refractivity contribution in [3.63, 3.8) is 0 Å². The maximum atomic E-state index is 13.1. The zero-order valence-electron chi connectivity index (χ0n) is 17.1. The Labute approximate surface area is 194 Å². The Bertz CT molecular complexity index is 1120. The van der Waals surface area contributed by atoms with Gasteiger partial charge in [0.2, 0.25) is 5.78 Å². The lowest BCUT2D eigenvalue weighted by atomic mass is 10.1. The summed E-state index contributed by atoms with van der Waals surface area (Å²) in [5.41, 5.74) is 1.03. The number of ketones is 2. The minimum Gasteiger partial charge on any atom is -0.367 e. The summed E-state index contributed by atoms with van der Waals surface area (Å²) < 4.78 is 10.5. The number of nitrogens with one attached hydrogen (secondary N) is 1. The number of aromatic nitrogens is 4. The standard InChI is InChI=1S/C22H22ClN5O3S/c23-16-3-1-2-15(9-16)20(29)11-28-7-6-19(27-28)21(30)18-10-24-13-25-22(18)26-17-5-4-14(8-17)12-32-31/h1-3,6-7,9-10,13-14,17,31H,4-5,8,11-12H2,(H,24,25,26). The molecule has 1 aliphatic carbocycles. The summed E-state index contributed by atoms with van der Waals surface area (Å²) in [6.07, 6.45) is 7.35. The number of hydrogen-bond donors (Lipinski definition) is 2. The van der Waals surface area contributed by atoms with Crippen LogP contribution in [0, 0.1) is 5.92 Å². The highest BCUT2D eigenvalue weighted by molar-refractivity contribution is 7.93. The molecule has 2 heterocycles. The van der Waals surface area contributed by atoms with Crippen molar-refractivity contribution < 1.29 is 14.1 Å².